The number of hydrogen-bond donors (Lipinski definition) is 3. The average molecular weight is 333 g/mol. The highest BCUT2D eigenvalue weighted by atomic mass is 35.5. The zero-order valence-corrected chi connectivity index (χ0v) is 13.4. The number of pyridine rings is 1. The first-order valence-corrected chi connectivity index (χ1v) is 7.41. The maximum Gasteiger partial charge on any atom is 0.257 e. The Labute approximate surface area is 139 Å². The van der Waals surface area contributed by atoms with Crippen molar-refractivity contribution < 1.29 is 9.59 Å². The van der Waals surface area contributed by atoms with E-state index < -0.39 is 0 Å². The maximum absolute atomic E-state index is 12.2. The Hall–Kier alpha value is -2.44. The van der Waals surface area contributed by atoms with E-state index in [2.05, 4.69) is 15.6 Å². The molecule has 6 nitrogen and oxygen atoms in total. The van der Waals surface area contributed by atoms with Crippen molar-refractivity contribution in [1.29, 1.82) is 0 Å². The van der Waals surface area contributed by atoms with Crippen LogP contribution in [-0.2, 0) is 0 Å². The van der Waals surface area contributed by atoms with Gasteiger partial charge in [0.25, 0.3) is 11.8 Å². The number of nitrogens with two attached hydrogens (primary N) is 1. The Morgan fingerprint density at radius 2 is 1.91 bits per heavy atom. The van der Waals surface area contributed by atoms with Gasteiger partial charge in [0.05, 0.1) is 5.56 Å². The van der Waals surface area contributed by atoms with Gasteiger partial charge >= 0.3 is 0 Å². The summed E-state index contributed by atoms with van der Waals surface area (Å²) in [4.78, 5) is 28.0. The van der Waals surface area contributed by atoms with Crippen molar-refractivity contribution in [3.63, 3.8) is 0 Å². The summed E-state index contributed by atoms with van der Waals surface area (Å²) < 4.78 is 0. The van der Waals surface area contributed by atoms with Crippen LogP contribution in [0.2, 0.25) is 5.15 Å². The predicted octanol–water partition coefficient (Wildman–Crippen LogP) is 1.98. The standard InChI is InChI=1S/C16H17ClN4O2/c1-10-2-3-11(15(22)19-7-6-18)8-13(10)21-16(23)12-4-5-14(17)20-9-12/h2-5,8-9H,6-7,18H2,1H3,(H,19,22)(H,21,23). The summed E-state index contributed by atoms with van der Waals surface area (Å²) >= 11 is 5.70. The van der Waals surface area contributed by atoms with Gasteiger partial charge in [-0.25, -0.2) is 4.98 Å². The zero-order valence-electron chi connectivity index (χ0n) is 12.6. The van der Waals surface area contributed by atoms with E-state index in [0.717, 1.165) is 5.56 Å². The van der Waals surface area contributed by atoms with E-state index in [1.54, 1.807) is 30.3 Å². The van der Waals surface area contributed by atoms with E-state index in [4.69, 9.17) is 17.3 Å². The molecule has 120 valence electrons. The first-order chi connectivity index (χ1) is 11.0. The number of anilines is 1. The average Bonchev–Trinajstić information content (AvgIpc) is 2.55. The van der Waals surface area contributed by atoms with Crippen LogP contribution in [0.4, 0.5) is 5.69 Å². The summed E-state index contributed by atoms with van der Waals surface area (Å²) in [6, 6.07) is 8.22. The minimum absolute atomic E-state index is 0.237. The number of rotatable bonds is 5. The molecule has 0 atom stereocenters. The highest BCUT2D eigenvalue weighted by Gasteiger charge is 2.11. The van der Waals surface area contributed by atoms with E-state index in [-0.39, 0.29) is 11.8 Å². The summed E-state index contributed by atoms with van der Waals surface area (Å²) in [6.45, 7) is 2.60. The van der Waals surface area contributed by atoms with Crippen LogP contribution in [0.25, 0.3) is 0 Å². The number of amides is 2. The summed E-state index contributed by atoms with van der Waals surface area (Å²) in [5.41, 5.74) is 7.60. The summed E-state index contributed by atoms with van der Waals surface area (Å²) in [6.07, 6.45) is 1.39. The van der Waals surface area contributed by atoms with E-state index >= 15 is 0 Å². The molecular formula is C16H17ClN4O2. The third-order valence-corrected chi connectivity index (χ3v) is 3.39. The Balaban J connectivity index is 2.17. The van der Waals surface area contributed by atoms with Crippen molar-refractivity contribution in [1.82, 2.24) is 10.3 Å². The third-order valence-electron chi connectivity index (χ3n) is 3.17. The largest absolute Gasteiger partial charge is 0.351 e. The quantitative estimate of drug-likeness (QED) is 0.729. The number of nitrogens with zero attached hydrogens (tertiary/aromatic N) is 1. The minimum atomic E-state index is -0.322. The van der Waals surface area contributed by atoms with E-state index in [9.17, 15) is 9.59 Å². The molecule has 0 aliphatic carbocycles. The number of hydrogen-bond acceptors (Lipinski definition) is 4. The molecule has 0 spiro atoms. The molecule has 7 heteroatoms. The topological polar surface area (TPSA) is 97.1 Å². The fourth-order valence-corrected chi connectivity index (χ4v) is 2.00. The van der Waals surface area contributed by atoms with Crippen molar-refractivity contribution in [2.75, 3.05) is 18.4 Å². The zero-order chi connectivity index (χ0) is 16.8. The Bertz CT molecular complexity index is 717. The number of carbonyl (C=O) groups is 2. The molecule has 1 aromatic carbocycles. The number of halogens is 1. The molecule has 0 saturated heterocycles. The lowest BCUT2D eigenvalue weighted by molar-refractivity contribution is 0.0953. The van der Waals surface area contributed by atoms with E-state index in [0.29, 0.717) is 35.1 Å². The van der Waals surface area contributed by atoms with Crippen molar-refractivity contribution in [3.05, 3.63) is 58.4 Å². The molecule has 0 aliphatic heterocycles. The van der Waals surface area contributed by atoms with Gasteiger partial charge < -0.3 is 16.4 Å². The highest BCUT2D eigenvalue weighted by molar-refractivity contribution is 6.29. The van der Waals surface area contributed by atoms with Gasteiger partial charge in [-0.15, -0.1) is 0 Å². The number of benzene rings is 1. The molecule has 0 bridgehead atoms. The normalized spacial score (nSPS) is 10.2. The van der Waals surface area contributed by atoms with Crippen LogP contribution in [0.3, 0.4) is 0 Å². The lowest BCUT2D eigenvalue weighted by atomic mass is 10.1. The fraction of sp³-hybridized carbons (Fsp3) is 0.188. The molecule has 1 heterocycles. The van der Waals surface area contributed by atoms with Gasteiger partial charge in [-0.05, 0) is 36.8 Å². The summed E-state index contributed by atoms with van der Waals surface area (Å²) in [5, 5.41) is 5.77. The van der Waals surface area contributed by atoms with Crippen LogP contribution in [-0.4, -0.2) is 29.9 Å². The van der Waals surface area contributed by atoms with Gasteiger partial charge in [0.2, 0.25) is 0 Å². The van der Waals surface area contributed by atoms with Gasteiger partial charge in [-0.1, -0.05) is 17.7 Å². The molecule has 0 saturated carbocycles. The van der Waals surface area contributed by atoms with Crippen LogP contribution in [0.5, 0.6) is 0 Å². The van der Waals surface area contributed by atoms with E-state index in [1.165, 1.54) is 6.20 Å². The van der Waals surface area contributed by atoms with Crippen molar-refractivity contribution in [2.24, 2.45) is 5.73 Å². The molecule has 2 rings (SSSR count). The van der Waals surface area contributed by atoms with Crippen molar-refractivity contribution in [2.45, 2.75) is 6.92 Å². The second-order valence-corrected chi connectivity index (χ2v) is 5.29. The Kier molecular flexibility index (Phi) is 5.67. The molecule has 0 radical (unpaired) electrons. The lowest BCUT2D eigenvalue weighted by Gasteiger charge is -2.11. The number of aromatic nitrogens is 1. The summed E-state index contributed by atoms with van der Waals surface area (Å²) in [5.74, 6) is -0.559. The van der Waals surface area contributed by atoms with Gasteiger partial charge in [0.1, 0.15) is 5.15 Å². The van der Waals surface area contributed by atoms with Crippen LogP contribution in [0.15, 0.2) is 36.5 Å². The predicted molar refractivity (Wildman–Crippen MR) is 89.8 cm³/mol. The monoisotopic (exact) mass is 332 g/mol. The second kappa shape index (κ2) is 7.71. The second-order valence-electron chi connectivity index (χ2n) is 4.90. The Morgan fingerprint density at radius 1 is 1.17 bits per heavy atom. The van der Waals surface area contributed by atoms with Gasteiger partial charge in [0, 0.05) is 30.5 Å². The maximum atomic E-state index is 12.2. The summed E-state index contributed by atoms with van der Waals surface area (Å²) in [7, 11) is 0. The SMILES string of the molecule is Cc1ccc(C(=O)NCCN)cc1NC(=O)c1ccc(Cl)nc1. The minimum Gasteiger partial charge on any atom is -0.351 e. The van der Waals surface area contributed by atoms with Gasteiger partial charge in [-0.3, -0.25) is 9.59 Å². The van der Waals surface area contributed by atoms with Gasteiger partial charge in [-0.2, -0.15) is 0 Å². The molecule has 0 unspecified atom stereocenters. The Morgan fingerprint density at radius 3 is 2.57 bits per heavy atom. The molecule has 0 aliphatic rings. The molecule has 2 aromatic rings. The van der Waals surface area contributed by atoms with Crippen LogP contribution in [0.1, 0.15) is 26.3 Å². The molecule has 2 amide bonds. The first kappa shape index (κ1) is 16.9. The van der Waals surface area contributed by atoms with Crippen LogP contribution >= 0.6 is 11.6 Å². The fourth-order valence-electron chi connectivity index (χ4n) is 1.89. The molecule has 23 heavy (non-hydrogen) atoms. The van der Waals surface area contributed by atoms with Crippen molar-refractivity contribution in [3.8, 4) is 0 Å². The van der Waals surface area contributed by atoms with Gasteiger partial charge in [0.15, 0.2) is 0 Å². The van der Waals surface area contributed by atoms with Crippen molar-refractivity contribution >= 4 is 29.1 Å². The smallest absolute Gasteiger partial charge is 0.257 e. The highest BCUT2D eigenvalue weighted by Crippen LogP contribution is 2.18. The van der Waals surface area contributed by atoms with Crippen LogP contribution in [0, 0.1) is 6.92 Å². The number of carbonyl (C=O) groups excluding carboxylic acids is 2. The van der Waals surface area contributed by atoms with E-state index in [1.807, 2.05) is 6.92 Å². The third kappa shape index (κ3) is 4.51. The molecular weight excluding hydrogens is 316 g/mol. The van der Waals surface area contributed by atoms with Crippen LogP contribution < -0.4 is 16.4 Å². The first-order valence-electron chi connectivity index (χ1n) is 7.03. The number of aryl methyl sites for hydroxylation is 1. The lowest BCUT2D eigenvalue weighted by Crippen LogP contribution is -2.29. The molecule has 0 fully saturated rings. The molecule has 4 N–H and O–H groups in total. The molecule has 1 aromatic heterocycles. The number of nitrogens with one attached hydrogen (secondary N) is 2.